The second kappa shape index (κ2) is 3.38. The van der Waals surface area contributed by atoms with Crippen molar-refractivity contribution < 1.29 is 0 Å². The first-order valence-corrected chi connectivity index (χ1v) is 4.68. The standard InChI is InChI=1S/C10H6N2S/c11-6-8-3-4-9(12-7-8)10-2-1-5-13-10/h1-5,7H. The van der Waals surface area contributed by atoms with Crippen LogP contribution in [0.1, 0.15) is 5.56 Å². The van der Waals surface area contributed by atoms with E-state index < -0.39 is 0 Å². The number of hydrogen-bond acceptors (Lipinski definition) is 3. The maximum absolute atomic E-state index is 8.57. The smallest absolute Gasteiger partial charge is 0.101 e. The molecule has 0 spiro atoms. The predicted molar refractivity (Wildman–Crippen MR) is 52.3 cm³/mol. The lowest BCUT2D eigenvalue weighted by molar-refractivity contribution is 1.31. The number of aromatic nitrogens is 1. The fraction of sp³-hybridized carbons (Fsp3) is 0. The Morgan fingerprint density at radius 2 is 2.23 bits per heavy atom. The molecule has 0 saturated carbocycles. The fourth-order valence-corrected chi connectivity index (χ4v) is 1.73. The van der Waals surface area contributed by atoms with Crippen molar-refractivity contribution in [3.8, 4) is 16.6 Å². The van der Waals surface area contributed by atoms with Gasteiger partial charge < -0.3 is 0 Å². The lowest BCUT2D eigenvalue weighted by atomic mass is 10.2. The first kappa shape index (κ1) is 7.96. The van der Waals surface area contributed by atoms with Crippen molar-refractivity contribution >= 4 is 11.3 Å². The van der Waals surface area contributed by atoms with E-state index in [1.807, 2.05) is 29.6 Å². The number of thiophene rings is 1. The minimum absolute atomic E-state index is 0.598. The van der Waals surface area contributed by atoms with Crippen LogP contribution < -0.4 is 0 Å². The molecule has 0 aliphatic heterocycles. The van der Waals surface area contributed by atoms with Crippen molar-refractivity contribution in [2.45, 2.75) is 0 Å². The summed E-state index contributed by atoms with van der Waals surface area (Å²) in [7, 11) is 0. The van der Waals surface area contributed by atoms with Gasteiger partial charge in [0.25, 0.3) is 0 Å². The molecular formula is C10H6N2S. The Bertz CT molecular complexity index is 423. The maximum atomic E-state index is 8.57. The molecular weight excluding hydrogens is 180 g/mol. The van der Waals surface area contributed by atoms with Crippen LogP contribution in [0, 0.1) is 11.3 Å². The normalized spacial score (nSPS) is 9.46. The molecule has 2 rings (SSSR count). The van der Waals surface area contributed by atoms with Crippen LogP contribution in [0.4, 0.5) is 0 Å². The summed E-state index contributed by atoms with van der Waals surface area (Å²) >= 11 is 1.64. The van der Waals surface area contributed by atoms with Gasteiger partial charge in [-0.15, -0.1) is 11.3 Å². The highest BCUT2D eigenvalue weighted by molar-refractivity contribution is 7.13. The molecule has 2 nitrogen and oxygen atoms in total. The number of hydrogen-bond donors (Lipinski definition) is 0. The van der Waals surface area contributed by atoms with Crippen molar-refractivity contribution in [2.24, 2.45) is 0 Å². The maximum Gasteiger partial charge on any atom is 0.101 e. The lowest BCUT2D eigenvalue weighted by Crippen LogP contribution is -1.80. The summed E-state index contributed by atoms with van der Waals surface area (Å²) in [6.45, 7) is 0. The van der Waals surface area contributed by atoms with Crippen molar-refractivity contribution in [2.75, 3.05) is 0 Å². The Morgan fingerprint density at radius 3 is 2.77 bits per heavy atom. The highest BCUT2D eigenvalue weighted by Gasteiger charge is 1.98. The van der Waals surface area contributed by atoms with Crippen LogP contribution in [0.3, 0.4) is 0 Å². The summed E-state index contributed by atoms with van der Waals surface area (Å²) in [6.07, 6.45) is 1.59. The average Bonchev–Trinajstić information content (AvgIpc) is 2.71. The Balaban J connectivity index is 2.40. The Labute approximate surface area is 80.1 Å². The largest absolute Gasteiger partial charge is 0.254 e. The molecule has 0 radical (unpaired) electrons. The van der Waals surface area contributed by atoms with E-state index in [0.717, 1.165) is 10.6 Å². The van der Waals surface area contributed by atoms with E-state index in [4.69, 9.17) is 5.26 Å². The van der Waals surface area contributed by atoms with Gasteiger partial charge in [0.05, 0.1) is 16.1 Å². The summed E-state index contributed by atoms with van der Waals surface area (Å²) in [5.41, 5.74) is 1.52. The van der Waals surface area contributed by atoms with Crippen LogP contribution in [0.25, 0.3) is 10.6 Å². The monoisotopic (exact) mass is 186 g/mol. The van der Waals surface area contributed by atoms with Crippen molar-refractivity contribution in [1.82, 2.24) is 4.98 Å². The Morgan fingerprint density at radius 1 is 1.31 bits per heavy atom. The van der Waals surface area contributed by atoms with Gasteiger partial charge in [0.15, 0.2) is 0 Å². The zero-order valence-electron chi connectivity index (χ0n) is 6.77. The SMILES string of the molecule is N#Cc1ccc(-c2cccs2)nc1. The number of rotatable bonds is 1. The third-order valence-corrected chi connectivity index (χ3v) is 2.56. The van der Waals surface area contributed by atoms with E-state index >= 15 is 0 Å². The summed E-state index contributed by atoms with van der Waals surface area (Å²) in [6, 6.07) is 9.68. The van der Waals surface area contributed by atoms with Gasteiger partial charge in [0, 0.05) is 6.20 Å². The molecule has 13 heavy (non-hydrogen) atoms. The van der Waals surface area contributed by atoms with E-state index in [1.165, 1.54) is 0 Å². The molecule has 3 heteroatoms. The summed E-state index contributed by atoms with van der Waals surface area (Å²) in [4.78, 5) is 5.31. The lowest BCUT2D eigenvalue weighted by Gasteiger charge is -1.94. The zero-order chi connectivity index (χ0) is 9.10. The first-order chi connectivity index (χ1) is 6.40. The second-order valence-electron chi connectivity index (χ2n) is 2.52. The molecule has 2 aromatic rings. The molecule has 0 unspecified atom stereocenters. The van der Waals surface area contributed by atoms with Crippen LogP contribution in [0.15, 0.2) is 35.8 Å². The molecule has 0 amide bonds. The predicted octanol–water partition coefficient (Wildman–Crippen LogP) is 2.68. The van der Waals surface area contributed by atoms with Gasteiger partial charge in [0.2, 0.25) is 0 Å². The minimum Gasteiger partial charge on any atom is -0.254 e. The Hall–Kier alpha value is -1.66. The number of nitriles is 1. The molecule has 0 aliphatic rings. The van der Waals surface area contributed by atoms with E-state index in [1.54, 1.807) is 23.6 Å². The van der Waals surface area contributed by atoms with E-state index in [9.17, 15) is 0 Å². The second-order valence-corrected chi connectivity index (χ2v) is 3.47. The molecule has 0 N–H and O–H groups in total. The molecule has 0 bridgehead atoms. The first-order valence-electron chi connectivity index (χ1n) is 3.80. The molecule has 2 aromatic heterocycles. The minimum atomic E-state index is 0.598. The summed E-state index contributed by atoms with van der Waals surface area (Å²) < 4.78 is 0. The average molecular weight is 186 g/mol. The summed E-state index contributed by atoms with van der Waals surface area (Å²) in [5.74, 6) is 0. The van der Waals surface area contributed by atoms with Gasteiger partial charge in [0.1, 0.15) is 6.07 Å². The third-order valence-electron chi connectivity index (χ3n) is 1.67. The molecule has 62 valence electrons. The van der Waals surface area contributed by atoms with Crippen molar-refractivity contribution in [3.05, 3.63) is 41.4 Å². The van der Waals surface area contributed by atoms with Gasteiger partial charge in [-0.3, -0.25) is 4.98 Å². The molecule has 0 aliphatic carbocycles. The van der Waals surface area contributed by atoms with Crippen molar-refractivity contribution in [1.29, 1.82) is 5.26 Å². The molecule has 0 aromatic carbocycles. The number of pyridine rings is 1. The van der Waals surface area contributed by atoms with Crippen LogP contribution >= 0.6 is 11.3 Å². The highest BCUT2D eigenvalue weighted by Crippen LogP contribution is 2.21. The van der Waals surface area contributed by atoms with E-state index in [2.05, 4.69) is 4.98 Å². The van der Waals surface area contributed by atoms with Crippen LogP contribution in [0.2, 0.25) is 0 Å². The quantitative estimate of drug-likeness (QED) is 0.686. The van der Waals surface area contributed by atoms with Gasteiger partial charge in [-0.05, 0) is 23.6 Å². The van der Waals surface area contributed by atoms with E-state index in [0.29, 0.717) is 5.56 Å². The Kier molecular flexibility index (Phi) is 2.07. The number of nitrogens with zero attached hydrogens (tertiary/aromatic N) is 2. The van der Waals surface area contributed by atoms with Gasteiger partial charge in [-0.25, -0.2) is 0 Å². The van der Waals surface area contributed by atoms with Crippen LogP contribution in [-0.4, -0.2) is 4.98 Å². The zero-order valence-corrected chi connectivity index (χ0v) is 7.58. The van der Waals surface area contributed by atoms with Gasteiger partial charge >= 0.3 is 0 Å². The highest BCUT2D eigenvalue weighted by atomic mass is 32.1. The summed E-state index contributed by atoms with van der Waals surface area (Å²) in [5, 5.41) is 10.6. The van der Waals surface area contributed by atoms with Crippen LogP contribution in [-0.2, 0) is 0 Å². The molecule has 0 saturated heterocycles. The molecule has 2 heterocycles. The fourth-order valence-electron chi connectivity index (χ4n) is 1.03. The molecule has 0 atom stereocenters. The van der Waals surface area contributed by atoms with Gasteiger partial charge in [-0.1, -0.05) is 6.07 Å². The van der Waals surface area contributed by atoms with Crippen molar-refractivity contribution in [3.63, 3.8) is 0 Å². The van der Waals surface area contributed by atoms with E-state index in [-0.39, 0.29) is 0 Å². The van der Waals surface area contributed by atoms with Crippen LogP contribution in [0.5, 0.6) is 0 Å². The molecule has 0 fully saturated rings. The third kappa shape index (κ3) is 1.58. The topological polar surface area (TPSA) is 36.7 Å². The van der Waals surface area contributed by atoms with Gasteiger partial charge in [-0.2, -0.15) is 5.26 Å².